The first kappa shape index (κ1) is 25.7. The summed E-state index contributed by atoms with van der Waals surface area (Å²) >= 11 is 0. The molecule has 0 amide bonds. The van der Waals surface area contributed by atoms with Gasteiger partial charge in [0.05, 0.1) is 23.0 Å². The van der Waals surface area contributed by atoms with E-state index in [-0.39, 0.29) is 17.5 Å². The Morgan fingerprint density at radius 1 is 0.944 bits per heavy atom. The maximum atomic E-state index is 13.1. The van der Waals surface area contributed by atoms with E-state index >= 15 is 0 Å². The monoisotopic (exact) mass is 516 g/mol. The maximum Gasteiger partial charge on any atom is 0.416 e. The van der Waals surface area contributed by atoms with Crippen LogP contribution in [0.15, 0.2) is 94.8 Å². The largest absolute Gasteiger partial charge is 0.416 e. The third-order valence-corrected chi connectivity index (χ3v) is 7.61. The summed E-state index contributed by atoms with van der Waals surface area (Å²) in [5, 5.41) is 0. The topological polar surface area (TPSA) is 87.8 Å². The van der Waals surface area contributed by atoms with Crippen molar-refractivity contribution in [3.05, 3.63) is 102 Å². The van der Waals surface area contributed by atoms with E-state index in [4.69, 9.17) is 5.73 Å². The van der Waals surface area contributed by atoms with Crippen molar-refractivity contribution in [1.82, 2.24) is 9.62 Å². The lowest BCUT2D eigenvalue weighted by Crippen LogP contribution is -2.51. The number of sulfonamides is 1. The van der Waals surface area contributed by atoms with Crippen LogP contribution in [-0.2, 0) is 29.0 Å². The third kappa shape index (κ3) is 6.44. The fraction of sp³-hybridized carbons (Fsp3) is 0.269. The first-order chi connectivity index (χ1) is 17.1. The highest BCUT2D eigenvalue weighted by Crippen LogP contribution is 2.29. The Morgan fingerprint density at radius 2 is 1.53 bits per heavy atom. The highest BCUT2D eigenvalue weighted by molar-refractivity contribution is 7.89. The molecule has 0 aromatic heterocycles. The molecule has 0 bridgehead atoms. The molecule has 0 radical (unpaired) electrons. The quantitative estimate of drug-likeness (QED) is 0.453. The van der Waals surface area contributed by atoms with Gasteiger partial charge in [-0.05, 0) is 48.2 Å². The van der Waals surface area contributed by atoms with Gasteiger partial charge >= 0.3 is 6.18 Å². The fourth-order valence-corrected chi connectivity index (χ4v) is 5.50. The number of guanidine groups is 1. The Morgan fingerprint density at radius 3 is 2.11 bits per heavy atom. The Hall–Kier alpha value is -3.37. The molecule has 1 heterocycles. The molecule has 36 heavy (non-hydrogen) atoms. The molecule has 3 aromatic carbocycles. The van der Waals surface area contributed by atoms with Crippen LogP contribution in [0.1, 0.15) is 16.7 Å². The van der Waals surface area contributed by atoms with Gasteiger partial charge in [0, 0.05) is 12.6 Å². The van der Waals surface area contributed by atoms with Crippen LogP contribution in [0.25, 0.3) is 0 Å². The second-order valence-electron chi connectivity index (χ2n) is 8.72. The minimum Gasteiger partial charge on any atom is -0.370 e. The Kier molecular flexibility index (Phi) is 7.65. The number of hydrogen-bond donors (Lipinski definition) is 2. The fourth-order valence-electron chi connectivity index (χ4n) is 4.27. The molecule has 0 saturated heterocycles. The third-order valence-electron chi connectivity index (χ3n) is 6.07. The van der Waals surface area contributed by atoms with Gasteiger partial charge in [-0.25, -0.2) is 13.1 Å². The molecule has 10 heteroatoms. The molecular formula is C26H27F3N4O2S. The van der Waals surface area contributed by atoms with Gasteiger partial charge in [-0.1, -0.05) is 60.7 Å². The van der Waals surface area contributed by atoms with Crippen molar-refractivity contribution in [3.63, 3.8) is 0 Å². The summed E-state index contributed by atoms with van der Waals surface area (Å²) in [5.41, 5.74) is 7.30. The van der Waals surface area contributed by atoms with E-state index in [9.17, 15) is 21.6 Å². The summed E-state index contributed by atoms with van der Waals surface area (Å²) in [6.07, 6.45) is -3.50. The lowest BCUT2D eigenvalue weighted by atomic mass is 10.0. The standard InChI is InChI=1S/C26H27F3N4O2S/c27-26(28,29)21-11-13-24(14-12-21)36(34,35)32-22(15-19-7-3-1-4-8-19)18-33-23(17-31-25(33)30)16-20-9-5-2-6-10-20/h1-14,22-23,32H,15-18H2,(H2,30,31)/t22-,23-/m0/s1. The van der Waals surface area contributed by atoms with Gasteiger partial charge in [-0.3, -0.25) is 4.99 Å². The lowest BCUT2D eigenvalue weighted by molar-refractivity contribution is -0.137. The Balaban J connectivity index is 1.56. The highest BCUT2D eigenvalue weighted by atomic mass is 32.2. The summed E-state index contributed by atoms with van der Waals surface area (Å²) < 4.78 is 67.8. The maximum absolute atomic E-state index is 13.1. The van der Waals surface area contributed by atoms with Crippen molar-refractivity contribution >= 4 is 16.0 Å². The number of rotatable bonds is 9. The molecule has 190 valence electrons. The molecule has 2 atom stereocenters. The summed E-state index contributed by atoms with van der Waals surface area (Å²) in [6, 6.07) is 22.1. The van der Waals surface area contributed by atoms with Gasteiger partial charge in [0.25, 0.3) is 0 Å². The molecular weight excluding hydrogens is 489 g/mol. The van der Waals surface area contributed by atoms with Gasteiger partial charge in [-0.15, -0.1) is 0 Å². The van der Waals surface area contributed by atoms with Crippen LogP contribution < -0.4 is 10.5 Å². The Bertz CT molecular complexity index is 1280. The zero-order valence-electron chi connectivity index (χ0n) is 19.4. The predicted octanol–water partition coefficient (Wildman–Crippen LogP) is 3.84. The molecule has 0 unspecified atom stereocenters. The second kappa shape index (κ2) is 10.7. The zero-order chi connectivity index (χ0) is 25.8. The van der Waals surface area contributed by atoms with Crippen molar-refractivity contribution in [2.24, 2.45) is 10.7 Å². The first-order valence-electron chi connectivity index (χ1n) is 11.5. The first-order valence-corrected chi connectivity index (χ1v) is 12.9. The molecule has 0 spiro atoms. The number of benzene rings is 3. The molecule has 0 fully saturated rings. The number of nitrogens with zero attached hydrogens (tertiary/aromatic N) is 2. The number of nitrogens with one attached hydrogen (secondary N) is 1. The van der Waals surface area contributed by atoms with E-state index in [1.54, 1.807) is 0 Å². The number of nitrogens with two attached hydrogens (primary N) is 1. The summed E-state index contributed by atoms with van der Waals surface area (Å²) in [4.78, 5) is 6.04. The van der Waals surface area contributed by atoms with Crippen molar-refractivity contribution in [2.75, 3.05) is 13.1 Å². The smallest absolute Gasteiger partial charge is 0.370 e. The van der Waals surface area contributed by atoms with Gasteiger partial charge in [0.2, 0.25) is 10.0 Å². The summed E-state index contributed by atoms with van der Waals surface area (Å²) in [7, 11) is -4.10. The molecule has 3 N–H and O–H groups in total. The van der Waals surface area contributed by atoms with E-state index in [1.165, 1.54) is 0 Å². The summed E-state index contributed by atoms with van der Waals surface area (Å²) in [5.74, 6) is 0.336. The zero-order valence-corrected chi connectivity index (χ0v) is 20.2. The molecule has 1 aliphatic heterocycles. The molecule has 3 aromatic rings. The Labute approximate surface area is 208 Å². The van der Waals surface area contributed by atoms with E-state index in [0.717, 1.165) is 35.4 Å². The molecule has 0 saturated carbocycles. The number of alkyl halides is 3. The van der Waals surface area contributed by atoms with Gasteiger partial charge in [0.15, 0.2) is 5.96 Å². The van der Waals surface area contributed by atoms with Crippen LogP contribution >= 0.6 is 0 Å². The van der Waals surface area contributed by atoms with Crippen LogP contribution in [0.3, 0.4) is 0 Å². The number of halogens is 3. The second-order valence-corrected chi connectivity index (χ2v) is 10.4. The minimum atomic E-state index is -4.55. The predicted molar refractivity (Wildman–Crippen MR) is 133 cm³/mol. The SMILES string of the molecule is NC1=NC[C@H](Cc2ccccc2)N1C[C@H](Cc1ccccc1)NS(=O)(=O)c1ccc(C(F)(F)F)cc1. The van der Waals surface area contributed by atoms with Crippen molar-refractivity contribution in [3.8, 4) is 0 Å². The van der Waals surface area contributed by atoms with Crippen LogP contribution in [0.5, 0.6) is 0 Å². The van der Waals surface area contributed by atoms with Gasteiger partial charge in [0.1, 0.15) is 0 Å². The van der Waals surface area contributed by atoms with Gasteiger partial charge in [-0.2, -0.15) is 13.2 Å². The normalized spacial score (nSPS) is 17.1. The van der Waals surface area contributed by atoms with E-state index < -0.39 is 27.8 Å². The van der Waals surface area contributed by atoms with E-state index in [0.29, 0.717) is 25.3 Å². The molecule has 0 aliphatic carbocycles. The van der Waals surface area contributed by atoms with Crippen LogP contribution in [0.4, 0.5) is 13.2 Å². The van der Waals surface area contributed by atoms with E-state index in [1.807, 2.05) is 65.6 Å². The van der Waals surface area contributed by atoms with Crippen LogP contribution in [0.2, 0.25) is 0 Å². The highest BCUT2D eigenvalue weighted by Gasteiger charge is 2.32. The average Bonchev–Trinajstić information content (AvgIpc) is 3.18. The number of aliphatic imine (C=N–C) groups is 1. The van der Waals surface area contributed by atoms with Crippen LogP contribution in [-0.4, -0.2) is 44.5 Å². The molecule has 4 rings (SSSR count). The minimum absolute atomic E-state index is 0.0405. The molecule has 1 aliphatic rings. The summed E-state index contributed by atoms with van der Waals surface area (Å²) in [6.45, 7) is 0.742. The van der Waals surface area contributed by atoms with Crippen molar-refractivity contribution < 1.29 is 21.6 Å². The van der Waals surface area contributed by atoms with Crippen molar-refractivity contribution in [1.29, 1.82) is 0 Å². The van der Waals surface area contributed by atoms with E-state index in [2.05, 4.69) is 9.71 Å². The number of hydrogen-bond acceptors (Lipinski definition) is 5. The average molecular weight is 517 g/mol. The van der Waals surface area contributed by atoms with Gasteiger partial charge < -0.3 is 10.6 Å². The molecule has 6 nitrogen and oxygen atoms in total. The van der Waals surface area contributed by atoms with Crippen molar-refractivity contribution in [2.45, 2.75) is 36.0 Å². The van der Waals surface area contributed by atoms with Crippen LogP contribution in [0, 0.1) is 0 Å². The lowest BCUT2D eigenvalue weighted by Gasteiger charge is -2.31.